The predicted molar refractivity (Wildman–Crippen MR) is 125 cm³/mol. The van der Waals surface area contributed by atoms with E-state index in [2.05, 4.69) is 5.32 Å². The van der Waals surface area contributed by atoms with Crippen LogP contribution in [0, 0.1) is 13.8 Å². The van der Waals surface area contributed by atoms with Crippen molar-refractivity contribution in [2.24, 2.45) is 0 Å². The lowest BCUT2D eigenvalue weighted by molar-refractivity contribution is -0.120. The first kappa shape index (κ1) is 20.9. The Morgan fingerprint density at radius 1 is 0.935 bits per heavy atom. The Hall–Kier alpha value is -3.38. The normalized spacial score (nSPS) is 14.0. The predicted octanol–water partition coefficient (Wildman–Crippen LogP) is 5.55. The van der Waals surface area contributed by atoms with Crippen molar-refractivity contribution in [1.29, 1.82) is 0 Å². The highest BCUT2D eigenvalue weighted by atomic mass is 32.1. The molecule has 0 atom stereocenters. The first-order chi connectivity index (χ1) is 14.9. The lowest BCUT2D eigenvalue weighted by Crippen LogP contribution is -2.32. The Morgan fingerprint density at radius 2 is 1.68 bits per heavy atom. The minimum atomic E-state index is -0.369. The van der Waals surface area contributed by atoms with E-state index in [1.54, 1.807) is 24.3 Å². The van der Waals surface area contributed by atoms with Gasteiger partial charge in [-0.1, -0.05) is 18.2 Å². The smallest absolute Gasteiger partial charge is 0.282 e. The minimum Gasteiger partial charge on any atom is -0.491 e. The fraction of sp³-hybridized carbons (Fsp3) is 0.200. The molecule has 4 rings (SSSR count). The van der Waals surface area contributed by atoms with Gasteiger partial charge in [0, 0.05) is 10.6 Å². The highest BCUT2D eigenvalue weighted by Gasteiger charge is 2.40. The average molecular weight is 433 g/mol. The van der Waals surface area contributed by atoms with Crippen molar-refractivity contribution in [3.05, 3.63) is 81.7 Å². The molecule has 2 aromatic carbocycles. The third-order valence-corrected chi connectivity index (χ3v) is 6.07. The molecule has 0 bridgehead atoms. The number of hydrogen-bond donors (Lipinski definition) is 1. The second kappa shape index (κ2) is 8.40. The van der Waals surface area contributed by atoms with Gasteiger partial charge in [0.25, 0.3) is 11.8 Å². The molecule has 0 spiro atoms. The van der Waals surface area contributed by atoms with Crippen molar-refractivity contribution in [2.45, 2.75) is 33.8 Å². The van der Waals surface area contributed by atoms with Crippen molar-refractivity contribution in [3.63, 3.8) is 0 Å². The van der Waals surface area contributed by atoms with Gasteiger partial charge >= 0.3 is 0 Å². The van der Waals surface area contributed by atoms with Gasteiger partial charge < -0.3 is 10.1 Å². The van der Waals surface area contributed by atoms with Crippen LogP contribution in [0.5, 0.6) is 5.75 Å². The number of imide groups is 1. The molecule has 0 fully saturated rings. The average Bonchev–Trinajstić information content (AvgIpc) is 3.33. The monoisotopic (exact) mass is 432 g/mol. The molecule has 1 aliphatic rings. The molecule has 1 aliphatic heterocycles. The lowest BCUT2D eigenvalue weighted by Gasteiger charge is -2.17. The van der Waals surface area contributed by atoms with Crippen LogP contribution < -0.4 is 15.0 Å². The van der Waals surface area contributed by atoms with E-state index in [-0.39, 0.29) is 17.9 Å². The van der Waals surface area contributed by atoms with Gasteiger partial charge in [0.15, 0.2) is 0 Å². The number of benzene rings is 2. The van der Waals surface area contributed by atoms with Crippen LogP contribution in [0.1, 0.15) is 29.9 Å². The molecule has 0 aliphatic carbocycles. The molecule has 2 amide bonds. The van der Waals surface area contributed by atoms with Gasteiger partial charge in [-0.15, -0.1) is 11.3 Å². The van der Waals surface area contributed by atoms with Crippen LogP contribution in [0.25, 0.3) is 5.57 Å². The Morgan fingerprint density at radius 3 is 2.32 bits per heavy atom. The number of nitrogens with zero attached hydrogens (tertiary/aromatic N) is 1. The summed E-state index contributed by atoms with van der Waals surface area (Å²) in [5.41, 5.74) is 4.16. The van der Waals surface area contributed by atoms with Crippen LogP contribution in [-0.2, 0) is 9.59 Å². The molecule has 0 saturated carbocycles. The highest BCUT2D eigenvalue weighted by molar-refractivity contribution is 7.11. The number of amides is 2. The van der Waals surface area contributed by atoms with E-state index in [1.165, 1.54) is 16.2 Å². The molecule has 3 aromatic rings. The SMILES string of the molecule is Cc1cccc(NC2=C(c3cccs3)C(=O)N(c3ccc(OC(C)C)cc3)C2=O)c1C. The summed E-state index contributed by atoms with van der Waals surface area (Å²) in [4.78, 5) is 28.8. The van der Waals surface area contributed by atoms with E-state index in [9.17, 15) is 9.59 Å². The number of aryl methyl sites for hydroxylation is 1. The maximum atomic E-state index is 13.4. The number of thiophene rings is 1. The molecule has 158 valence electrons. The molecule has 0 radical (unpaired) electrons. The molecule has 1 aromatic heterocycles. The third-order valence-electron chi connectivity index (χ3n) is 5.18. The molecule has 1 N–H and O–H groups in total. The molecule has 0 saturated heterocycles. The Bertz CT molecular complexity index is 1160. The zero-order chi connectivity index (χ0) is 22.1. The van der Waals surface area contributed by atoms with E-state index >= 15 is 0 Å². The summed E-state index contributed by atoms with van der Waals surface area (Å²) < 4.78 is 5.68. The van der Waals surface area contributed by atoms with Crippen molar-refractivity contribution >= 4 is 40.1 Å². The van der Waals surface area contributed by atoms with Gasteiger partial charge in [0.2, 0.25) is 0 Å². The van der Waals surface area contributed by atoms with E-state index in [0.29, 0.717) is 22.7 Å². The molecular weight excluding hydrogens is 408 g/mol. The van der Waals surface area contributed by atoms with Gasteiger partial charge in [0.1, 0.15) is 11.4 Å². The van der Waals surface area contributed by atoms with E-state index in [0.717, 1.165) is 21.7 Å². The molecule has 2 heterocycles. The van der Waals surface area contributed by atoms with E-state index < -0.39 is 0 Å². The van der Waals surface area contributed by atoms with Crippen LogP contribution in [-0.4, -0.2) is 17.9 Å². The van der Waals surface area contributed by atoms with Crippen LogP contribution in [0.2, 0.25) is 0 Å². The van der Waals surface area contributed by atoms with Gasteiger partial charge in [-0.05, 0) is 80.6 Å². The van der Waals surface area contributed by atoms with Crippen molar-refractivity contribution < 1.29 is 14.3 Å². The Kier molecular flexibility index (Phi) is 5.65. The lowest BCUT2D eigenvalue weighted by atomic mass is 10.1. The zero-order valence-electron chi connectivity index (χ0n) is 17.9. The summed E-state index contributed by atoms with van der Waals surface area (Å²) in [6.07, 6.45) is 0.0429. The van der Waals surface area contributed by atoms with Crippen molar-refractivity contribution in [2.75, 3.05) is 10.2 Å². The van der Waals surface area contributed by atoms with Crippen LogP contribution >= 0.6 is 11.3 Å². The van der Waals surface area contributed by atoms with Gasteiger partial charge in [-0.2, -0.15) is 0 Å². The second-order valence-corrected chi connectivity index (χ2v) is 8.65. The highest BCUT2D eigenvalue weighted by Crippen LogP contribution is 2.36. The van der Waals surface area contributed by atoms with Gasteiger partial charge in [-0.25, -0.2) is 4.90 Å². The number of anilines is 2. The molecule has 0 unspecified atom stereocenters. The van der Waals surface area contributed by atoms with Gasteiger partial charge in [-0.3, -0.25) is 9.59 Å². The van der Waals surface area contributed by atoms with Crippen LogP contribution in [0.3, 0.4) is 0 Å². The number of nitrogens with one attached hydrogen (secondary N) is 1. The first-order valence-corrected chi connectivity index (χ1v) is 11.0. The maximum absolute atomic E-state index is 13.4. The van der Waals surface area contributed by atoms with E-state index in [1.807, 2.05) is 63.4 Å². The molecule has 5 nitrogen and oxygen atoms in total. The summed E-state index contributed by atoms with van der Waals surface area (Å²) in [6, 6.07) is 16.6. The third kappa shape index (κ3) is 3.99. The zero-order valence-corrected chi connectivity index (χ0v) is 18.7. The maximum Gasteiger partial charge on any atom is 0.282 e. The molecular formula is C25H24N2O3S. The number of ether oxygens (including phenoxy) is 1. The molecule has 31 heavy (non-hydrogen) atoms. The largest absolute Gasteiger partial charge is 0.491 e. The number of carbonyl (C=O) groups is 2. The number of carbonyl (C=O) groups excluding carboxylic acids is 2. The standard InChI is InChI=1S/C25H24N2O3S/c1-15(2)30-19-12-10-18(11-13-19)27-24(28)22(21-9-6-14-31-21)23(25(27)29)26-20-8-5-7-16(3)17(20)4/h5-15,26H,1-4H3. The second-order valence-electron chi connectivity index (χ2n) is 7.71. The van der Waals surface area contributed by atoms with Crippen LogP contribution in [0.15, 0.2) is 65.7 Å². The van der Waals surface area contributed by atoms with Gasteiger partial charge in [0.05, 0.1) is 17.4 Å². The summed E-state index contributed by atoms with van der Waals surface area (Å²) in [5.74, 6) is -0.0114. The minimum absolute atomic E-state index is 0.0429. The number of rotatable bonds is 6. The molecule has 6 heteroatoms. The topological polar surface area (TPSA) is 58.6 Å². The summed E-state index contributed by atoms with van der Waals surface area (Å²) in [7, 11) is 0. The Labute approximate surface area is 186 Å². The summed E-state index contributed by atoms with van der Waals surface area (Å²) in [6.45, 7) is 7.91. The van der Waals surface area contributed by atoms with Crippen molar-refractivity contribution in [3.8, 4) is 5.75 Å². The summed E-state index contributed by atoms with van der Waals surface area (Å²) >= 11 is 1.44. The van der Waals surface area contributed by atoms with E-state index in [4.69, 9.17) is 4.74 Å². The first-order valence-electron chi connectivity index (χ1n) is 10.1. The van der Waals surface area contributed by atoms with Crippen LogP contribution in [0.4, 0.5) is 11.4 Å². The van der Waals surface area contributed by atoms with Crippen molar-refractivity contribution in [1.82, 2.24) is 0 Å². The fourth-order valence-corrected chi connectivity index (χ4v) is 4.26. The Balaban J connectivity index is 1.73. The number of hydrogen-bond acceptors (Lipinski definition) is 5. The fourth-order valence-electron chi connectivity index (χ4n) is 3.50. The quantitative estimate of drug-likeness (QED) is 0.519. The summed E-state index contributed by atoms with van der Waals surface area (Å²) in [5, 5.41) is 5.15.